The van der Waals surface area contributed by atoms with Crippen LogP contribution in [0.3, 0.4) is 0 Å². The Bertz CT molecular complexity index is 555. The highest BCUT2D eigenvalue weighted by Crippen LogP contribution is 2.29. The molecule has 1 atom stereocenters. The summed E-state index contributed by atoms with van der Waals surface area (Å²) in [7, 11) is 0. The van der Waals surface area contributed by atoms with Gasteiger partial charge in [0.25, 0.3) is 0 Å². The highest BCUT2D eigenvalue weighted by atomic mass is 14.8. The number of anilines is 1. The average molecular weight is 253 g/mol. The van der Waals surface area contributed by atoms with E-state index in [4.69, 9.17) is 11.5 Å². The lowest BCUT2D eigenvalue weighted by molar-refractivity contribution is 0.437. The van der Waals surface area contributed by atoms with Gasteiger partial charge in [0.2, 0.25) is 0 Å². The number of nitrogens with zero attached hydrogens (tertiary/aromatic N) is 1. The van der Waals surface area contributed by atoms with E-state index in [0.29, 0.717) is 11.7 Å². The highest BCUT2D eigenvalue weighted by Gasteiger charge is 2.26. The van der Waals surface area contributed by atoms with E-state index in [1.807, 2.05) is 12.1 Å². The molecule has 98 valence electrons. The van der Waals surface area contributed by atoms with Crippen molar-refractivity contribution in [3.8, 4) is 0 Å². The third-order valence-corrected chi connectivity index (χ3v) is 4.00. The van der Waals surface area contributed by atoms with Crippen molar-refractivity contribution in [1.82, 2.24) is 4.98 Å². The van der Waals surface area contributed by atoms with Gasteiger partial charge in [0, 0.05) is 12.2 Å². The molecule has 1 aromatic carbocycles. The van der Waals surface area contributed by atoms with Gasteiger partial charge in [-0.25, -0.2) is 4.98 Å². The molecule has 0 saturated carbocycles. The van der Waals surface area contributed by atoms with Crippen LogP contribution in [0.1, 0.15) is 16.7 Å². The van der Waals surface area contributed by atoms with Crippen LogP contribution < -0.4 is 11.5 Å². The Labute approximate surface area is 113 Å². The number of rotatable bonds is 3. The maximum atomic E-state index is 6.38. The van der Waals surface area contributed by atoms with Crippen molar-refractivity contribution in [3.05, 3.63) is 59.3 Å². The molecule has 0 aliphatic heterocycles. The van der Waals surface area contributed by atoms with Gasteiger partial charge in [0.05, 0.1) is 0 Å². The Hall–Kier alpha value is -1.87. The SMILES string of the molecule is Nc1cc(CC(N)C2Cc3ccccc3C2)ccn1. The summed E-state index contributed by atoms with van der Waals surface area (Å²) in [5.41, 5.74) is 16.2. The second-order valence-electron chi connectivity index (χ2n) is 5.39. The maximum Gasteiger partial charge on any atom is 0.123 e. The molecule has 4 N–H and O–H groups in total. The van der Waals surface area contributed by atoms with Gasteiger partial charge in [-0.1, -0.05) is 24.3 Å². The molecule has 0 saturated heterocycles. The Morgan fingerprint density at radius 2 is 1.84 bits per heavy atom. The zero-order chi connectivity index (χ0) is 13.2. The van der Waals surface area contributed by atoms with Crippen molar-refractivity contribution in [1.29, 1.82) is 0 Å². The fourth-order valence-electron chi connectivity index (χ4n) is 2.96. The van der Waals surface area contributed by atoms with Crippen LogP contribution in [0, 0.1) is 5.92 Å². The van der Waals surface area contributed by atoms with Crippen molar-refractivity contribution in [2.75, 3.05) is 5.73 Å². The number of benzene rings is 1. The van der Waals surface area contributed by atoms with Gasteiger partial charge in [-0.15, -0.1) is 0 Å². The van der Waals surface area contributed by atoms with Crippen molar-refractivity contribution in [2.45, 2.75) is 25.3 Å². The summed E-state index contributed by atoms with van der Waals surface area (Å²) >= 11 is 0. The van der Waals surface area contributed by atoms with Crippen LogP contribution in [0.25, 0.3) is 0 Å². The molecule has 0 spiro atoms. The first-order valence-electron chi connectivity index (χ1n) is 6.75. The van der Waals surface area contributed by atoms with Crippen LogP contribution in [0.4, 0.5) is 5.82 Å². The van der Waals surface area contributed by atoms with E-state index in [9.17, 15) is 0 Å². The predicted molar refractivity (Wildman–Crippen MR) is 77.7 cm³/mol. The van der Waals surface area contributed by atoms with Gasteiger partial charge >= 0.3 is 0 Å². The third-order valence-electron chi connectivity index (χ3n) is 4.00. The number of hydrogen-bond donors (Lipinski definition) is 2. The molecule has 0 bridgehead atoms. The summed E-state index contributed by atoms with van der Waals surface area (Å²) in [6.45, 7) is 0. The number of pyridine rings is 1. The molecule has 2 aromatic rings. The molecule has 1 aliphatic carbocycles. The second-order valence-corrected chi connectivity index (χ2v) is 5.39. The van der Waals surface area contributed by atoms with E-state index in [0.717, 1.165) is 19.3 Å². The molecular weight excluding hydrogens is 234 g/mol. The molecule has 1 heterocycles. The van der Waals surface area contributed by atoms with Crippen LogP contribution in [0.2, 0.25) is 0 Å². The van der Waals surface area contributed by atoms with Gasteiger partial charge in [0.15, 0.2) is 0 Å². The van der Waals surface area contributed by atoms with Crippen LogP contribution in [-0.4, -0.2) is 11.0 Å². The largest absolute Gasteiger partial charge is 0.384 e. The minimum absolute atomic E-state index is 0.175. The van der Waals surface area contributed by atoms with Gasteiger partial charge in [-0.2, -0.15) is 0 Å². The van der Waals surface area contributed by atoms with Crippen LogP contribution in [0.5, 0.6) is 0 Å². The van der Waals surface area contributed by atoms with Gasteiger partial charge < -0.3 is 11.5 Å². The minimum atomic E-state index is 0.175. The Morgan fingerprint density at radius 1 is 1.16 bits per heavy atom. The zero-order valence-corrected chi connectivity index (χ0v) is 10.9. The molecular formula is C16H19N3. The van der Waals surface area contributed by atoms with E-state index in [-0.39, 0.29) is 6.04 Å². The summed E-state index contributed by atoms with van der Waals surface area (Å²) in [5, 5.41) is 0. The summed E-state index contributed by atoms with van der Waals surface area (Å²) in [6.07, 6.45) is 4.81. The van der Waals surface area contributed by atoms with E-state index in [1.54, 1.807) is 6.20 Å². The fraction of sp³-hybridized carbons (Fsp3) is 0.312. The molecule has 3 nitrogen and oxygen atoms in total. The summed E-state index contributed by atoms with van der Waals surface area (Å²) in [6, 6.07) is 12.7. The lowest BCUT2D eigenvalue weighted by atomic mass is 9.92. The monoisotopic (exact) mass is 253 g/mol. The van der Waals surface area contributed by atoms with Crippen LogP contribution in [-0.2, 0) is 19.3 Å². The summed E-state index contributed by atoms with van der Waals surface area (Å²) in [5.74, 6) is 1.10. The number of nitrogens with two attached hydrogens (primary N) is 2. The zero-order valence-electron chi connectivity index (χ0n) is 10.9. The molecule has 1 aromatic heterocycles. The smallest absolute Gasteiger partial charge is 0.123 e. The maximum absolute atomic E-state index is 6.38. The standard InChI is InChI=1S/C16H19N3/c17-15(7-11-5-6-19-16(18)8-11)14-9-12-3-1-2-4-13(12)10-14/h1-6,8,14-15H,7,9-10,17H2,(H2,18,19). The molecule has 3 heteroatoms. The number of nitrogen functional groups attached to an aromatic ring is 1. The Morgan fingerprint density at radius 3 is 2.47 bits per heavy atom. The first-order chi connectivity index (χ1) is 9.22. The molecule has 0 radical (unpaired) electrons. The van der Waals surface area contributed by atoms with E-state index in [2.05, 4.69) is 29.2 Å². The number of hydrogen-bond acceptors (Lipinski definition) is 3. The Kier molecular flexibility index (Phi) is 3.22. The van der Waals surface area contributed by atoms with Gasteiger partial charge in [-0.05, 0) is 54.0 Å². The third kappa shape index (κ3) is 2.61. The molecule has 1 unspecified atom stereocenters. The quantitative estimate of drug-likeness (QED) is 0.878. The van der Waals surface area contributed by atoms with Crippen molar-refractivity contribution < 1.29 is 0 Å². The van der Waals surface area contributed by atoms with Crippen molar-refractivity contribution >= 4 is 5.82 Å². The second kappa shape index (κ2) is 5.02. The van der Waals surface area contributed by atoms with E-state index >= 15 is 0 Å². The number of fused-ring (bicyclic) bond motifs is 1. The van der Waals surface area contributed by atoms with Crippen LogP contribution in [0.15, 0.2) is 42.6 Å². The minimum Gasteiger partial charge on any atom is -0.384 e. The number of aromatic nitrogens is 1. The van der Waals surface area contributed by atoms with Crippen molar-refractivity contribution in [3.63, 3.8) is 0 Å². The molecule has 0 fully saturated rings. The highest BCUT2D eigenvalue weighted by molar-refractivity contribution is 5.34. The first kappa shape index (κ1) is 12.2. The first-order valence-corrected chi connectivity index (χ1v) is 6.75. The van der Waals surface area contributed by atoms with Crippen LogP contribution >= 0.6 is 0 Å². The average Bonchev–Trinajstić information content (AvgIpc) is 2.82. The topological polar surface area (TPSA) is 64.9 Å². The lowest BCUT2D eigenvalue weighted by Crippen LogP contribution is -2.32. The van der Waals surface area contributed by atoms with E-state index < -0.39 is 0 Å². The van der Waals surface area contributed by atoms with Crippen molar-refractivity contribution in [2.24, 2.45) is 11.7 Å². The molecule has 1 aliphatic rings. The normalized spacial score (nSPS) is 16.3. The summed E-state index contributed by atoms with van der Waals surface area (Å²) in [4.78, 5) is 4.01. The Balaban J connectivity index is 1.68. The predicted octanol–water partition coefficient (Wildman–Crippen LogP) is 1.95. The fourth-order valence-corrected chi connectivity index (χ4v) is 2.96. The lowest BCUT2D eigenvalue weighted by Gasteiger charge is -2.19. The van der Waals surface area contributed by atoms with Gasteiger partial charge in [-0.3, -0.25) is 0 Å². The molecule has 3 rings (SSSR count). The summed E-state index contributed by atoms with van der Waals surface area (Å²) < 4.78 is 0. The van der Waals surface area contributed by atoms with Gasteiger partial charge in [0.1, 0.15) is 5.82 Å². The molecule has 19 heavy (non-hydrogen) atoms. The molecule has 0 amide bonds. The van der Waals surface area contributed by atoms with E-state index in [1.165, 1.54) is 16.7 Å².